The third-order valence-corrected chi connectivity index (χ3v) is 5.27. The number of halogens is 1. The third kappa shape index (κ3) is 4.86. The van der Waals surface area contributed by atoms with Crippen LogP contribution in [0, 0.1) is 10.1 Å². The Morgan fingerprint density at radius 2 is 1.76 bits per heavy atom. The summed E-state index contributed by atoms with van der Waals surface area (Å²) in [5.41, 5.74) is 4.30. The molecule has 2 amide bonds. The summed E-state index contributed by atoms with van der Waals surface area (Å²) in [6.45, 7) is 2.24. The van der Waals surface area contributed by atoms with Crippen molar-refractivity contribution in [3.63, 3.8) is 0 Å². The zero-order valence-corrected chi connectivity index (χ0v) is 17.3. The molecule has 9 heteroatoms. The van der Waals surface area contributed by atoms with E-state index in [2.05, 4.69) is 26.5 Å². The predicted octanol–water partition coefficient (Wildman–Crippen LogP) is 3.50. The van der Waals surface area contributed by atoms with Crippen LogP contribution in [0.2, 0.25) is 0 Å². The normalized spacial score (nSPS) is 16.6. The zero-order chi connectivity index (χ0) is 21.0. The number of nitro benzene ring substituents is 1. The lowest BCUT2D eigenvalue weighted by Crippen LogP contribution is -2.44. The standard InChI is InChI=1S/C20H19BrN4O4/c1-13(14-4-8-16(21)9-5-14)22-23-19(26)18-3-2-12-24(18)20(27)15-6-10-17(11-7-15)25(28)29/h4-11,18H,2-3,12H2,1H3,(H,23,26)/b22-13-. The van der Waals surface area contributed by atoms with Gasteiger partial charge in [-0.3, -0.25) is 19.7 Å². The summed E-state index contributed by atoms with van der Waals surface area (Å²) in [7, 11) is 0. The molecule has 1 N–H and O–H groups in total. The van der Waals surface area contributed by atoms with Crippen molar-refractivity contribution in [2.24, 2.45) is 5.10 Å². The molecule has 0 radical (unpaired) electrons. The number of nitro groups is 1. The van der Waals surface area contributed by atoms with E-state index in [-0.39, 0.29) is 17.5 Å². The molecule has 0 spiro atoms. The van der Waals surface area contributed by atoms with Crippen molar-refractivity contribution in [3.05, 3.63) is 74.2 Å². The van der Waals surface area contributed by atoms with E-state index < -0.39 is 11.0 Å². The van der Waals surface area contributed by atoms with Crippen LogP contribution >= 0.6 is 15.9 Å². The van der Waals surface area contributed by atoms with Crippen molar-refractivity contribution in [2.75, 3.05) is 6.54 Å². The number of amides is 2. The first-order valence-corrected chi connectivity index (χ1v) is 9.81. The number of rotatable bonds is 5. The summed E-state index contributed by atoms with van der Waals surface area (Å²) >= 11 is 3.37. The quantitative estimate of drug-likeness (QED) is 0.420. The summed E-state index contributed by atoms with van der Waals surface area (Å²) < 4.78 is 0.949. The van der Waals surface area contributed by atoms with Crippen LogP contribution in [0.5, 0.6) is 0 Å². The van der Waals surface area contributed by atoms with Crippen molar-refractivity contribution >= 4 is 39.1 Å². The van der Waals surface area contributed by atoms with Gasteiger partial charge in [-0.2, -0.15) is 5.10 Å². The van der Waals surface area contributed by atoms with E-state index in [1.54, 1.807) is 6.92 Å². The number of carbonyl (C=O) groups is 2. The number of nitrogens with zero attached hydrogens (tertiary/aromatic N) is 3. The summed E-state index contributed by atoms with van der Waals surface area (Å²) in [4.78, 5) is 37.1. The molecule has 1 unspecified atom stereocenters. The minimum absolute atomic E-state index is 0.0879. The highest BCUT2D eigenvalue weighted by atomic mass is 79.9. The highest BCUT2D eigenvalue weighted by Gasteiger charge is 2.34. The Hall–Kier alpha value is -3.07. The lowest BCUT2D eigenvalue weighted by molar-refractivity contribution is -0.384. The Balaban J connectivity index is 1.68. The molecule has 1 fully saturated rings. The summed E-state index contributed by atoms with van der Waals surface area (Å²) in [5, 5.41) is 14.9. The molecule has 0 aromatic heterocycles. The van der Waals surface area contributed by atoms with Gasteiger partial charge in [-0.15, -0.1) is 0 Å². The third-order valence-electron chi connectivity index (χ3n) is 4.74. The molecule has 1 heterocycles. The fourth-order valence-corrected chi connectivity index (χ4v) is 3.41. The number of hydrazone groups is 1. The smallest absolute Gasteiger partial charge is 0.269 e. The van der Waals surface area contributed by atoms with E-state index in [9.17, 15) is 19.7 Å². The van der Waals surface area contributed by atoms with E-state index in [0.29, 0.717) is 30.7 Å². The van der Waals surface area contributed by atoms with Crippen molar-refractivity contribution < 1.29 is 14.5 Å². The topological polar surface area (TPSA) is 105 Å². The molecule has 0 aliphatic carbocycles. The largest absolute Gasteiger partial charge is 0.327 e. The van der Waals surface area contributed by atoms with E-state index in [0.717, 1.165) is 10.0 Å². The number of benzene rings is 2. The van der Waals surface area contributed by atoms with Gasteiger partial charge in [0.2, 0.25) is 0 Å². The molecule has 29 heavy (non-hydrogen) atoms. The molecule has 1 atom stereocenters. The van der Waals surface area contributed by atoms with Gasteiger partial charge in [0.25, 0.3) is 17.5 Å². The monoisotopic (exact) mass is 458 g/mol. The minimum Gasteiger partial charge on any atom is -0.327 e. The van der Waals surface area contributed by atoms with Crippen LogP contribution < -0.4 is 5.43 Å². The maximum Gasteiger partial charge on any atom is 0.269 e. The Bertz CT molecular complexity index is 957. The van der Waals surface area contributed by atoms with Crippen LogP contribution in [0.1, 0.15) is 35.7 Å². The van der Waals surface area contributed by atoms with Crippen LogP contribution in [0.3, 0.4) is 0 Å². The summed E-state index contributed by atoms with van der Waals surface area (Å²) in [5.74, 6) is -0.680. The second-order valence-corrected chi connectivity index (χ2v) is 7.56. The van der Waals surface area contributed by atoms with Gasteiger partial charge in [0.1, 0.15) is 6.04 Å². The Morgan fingerprint density at radius 3 is 2.38 bits per heavy atom. The molecule has 1 aliphatic heterocycles. The molecule has 3 rings (SSSR count). The average molecular weight is 459 g/mol. The number of non-ortho nitro benzene ring substituents is 1. The molecule has 2 aromatic rings. The Kier molecular flexibility index (Phi) is 6.38. The van der Waals surface area contributed by atoms with Crippen LogP contribution in [-0.2, 0) is 4.79 Å². The Labute approximate surface area is 175 Å². The van der Waals surface area contributed by atoms with E-state index in [1.165, 1.54) is 29.2 Å². The molecule has 150 valence electrons. The van der Waals surface area contributed by atoms with Gasteiger partial charge in [-0.1, -0.05) is 28.1 Å². The van der Waals surface area contributed by atoms with Gasteiger partial charge in [0, 0.05) is 28.7 Å². The highest BCUT2D eigenvalue weighted by molar-refractivity contribution is 9.10. The number of carbonyl (C=O) groups excluding carboxylic acids is 2. The molecule has 2 aromatic carbocycles. The van der Waals surface area contributed by atoms with Crippen LogP contribution in [-0.4, -0.2) is 39.9 Å². The molecule has 8 nitrogen and oxygen atoms in total. The van der Waals surface area contributed by atoms with Crippen molar-refractivity contribution in [1.82, 2.24) is 10.3 Å². The lowest BCUT2D eigenvalue weighted by Gasteiger charge is -2.23. The second-order valence-electron chi connectivity index (χ2n) is 6.64. The van der Waals surface area contributed by atoms with Gasteiger partial charge < -0.3 is 4.90 Å². The molecule has 0 bridgehead atoms. The van der Waals surface area contributed by atoms with Crippen molar-refractivity contribution in [1.29, 1.82) is 0 Å². The maximum absolute atomic E-state index is 12.8. The zero-order valence-electron chi connectivity index (χ0n) is 15.7. The first kappa shape index (κ1) is 20.7. The van der Waals surface area contributed by atoms with E-state index >= 15 is 0 Å². The Morgan fingerprint density at radius 1 is 1.14 bits per heavy atom. The van der Waals surface area contributed by atoms with Gasteiger partial charge in [-0.05, 0) is 49.6 Å². The fraction of sp³-hybridized carbons (Fsp3) is 0.250. The number of hydrogen-bond acceptors (Lipinski definition) is 5. The SMILES string of the molecule is C/C(=N/NC(=O)C1CCCN1C(=O)c1ccc([N+](=O)[O-])cc1)c1ccc(Br)cc1. The van der Waals surface area contributed by atoms with Crippen LogP contribution in [0.15, 0.2) is 58.1 Å². The van der Waals surface area contributed by atoms with Gasteiger partial charge in [-0.25, -0.2) is 5.43 Å². The van der Waals surface area contributed by atoms with Crippen molar-refractivity contribution in [3.8, 4) is 0 Å². The molecular formula is C20H19BrN4O4. The van der Waals surface area contributed by atoms with Crippen LogP contribution in [0.25, 0.3) is 0 Å². The molecule has 1 saturated heterocycles. The van der Waals surface area contributed by atoms with Gasteiger partial charge in [0.15, 0.2) is 0 Å². The fourth-order valence-electron chi connectivity index (χ4n) is 3.14. The molecule has 1 aliphatic rings. The molecular weight excluding hydrogens is 440 g/mol. The summed E-state index contributed by atoms with van der Waals surface area (Å²) in [6, 6.07) is 12.3. The number of likely N-dealkylation sites (tertiary alicyclic amines) is 1. The highest BCUT2D eigenvalue weighted by Crippen LogP contribution is 2.22. The maximum atomic E-state index is 12.8. The first-order valence-electron chi connectivity index (χ1n) is 9.02. The minimum atomic E-state index is -0.626. The predicted molar refractivity (Wildman–Crippen MR) is 112 cm³/mol. The lowest BCUT2D eigenvalue weighted by atomic mass is 10.1. The number of hydrogen-bond donors (Lipinski definition) is 1. The first-order chi connectivity index (χ1) is 13.9. The summed E-state index contributed by atoms with van der Waals surface area (Å²) in [6.07, 6.45) is 1.24. The van der Waals surface area contributed by atoms with Crippen LogP contribution in [0.4, 0.5) is 5.69 Å². The van der Waals surface area contributed by atoms with Crippen molar-refractivity contribution in [2.45, 2.75) is 25.8 Å². The van der Waals surface area contributed by atoms with E-state index in [1.807, 2.05) is 24.3 Å². The van der Waals surface area contributed by atoms with E-state index in [4.69, 9.17) is 0 Å². The molecule has 0 saturated carbocycles. The average Bonchev–Trinajstić information content (AvgIpc) is 3.21. The van der Waals surface area contributed by atoms with Gasteiger partial charge in [0.05, 0.1) is 10.6 Å². The van der Waals surface area contributed by atoms with Gasteiger partial charge >= 0.3 is 0 Å². The number of nitrogens with one attached hydrogen (secondary N) is 1. The second kappa shape index (κ2) is 8.95.